The van der Waals surface area contributed by atoms with Gasteiger partial charge in [0.1, 0.15) is 12.4 Å². The molecule has 1 amide bonds. The molecular weight excluding hydrogens is 280 g/mol. The normalized spacial score (nSPS) is 18.4. The number of carbonyl (C=O) groups is 1. The minimum Gasteiger partial charge on any atom is -0.454 e. The third-order valence-electron chi connectivity index (χ3n) is 3.83. The van der Waals surface area contributed by atoms with Crippen molar-refractivity contribution in [3.05, 3.63) is 23.8 Å². The molecule has 0 unspecified atom stereocenters. The summed E-state index contributed by atoms with van der Waals surface area (Å²) in [7, 11) is 0. The van der Waals surface area contributed by atoms with E-state index < -0.39 is 0 Å². The summed E-state index contributed by atoms with van der Waals surface area (Å²) >= 11 is 5.58. The summed E-state index contributed by atoms with van der Waals surface area (Å²) in [5, 5.41) is 0. The van der Waals surface area contributed by atoms with Crippen molar-refractivity contribution < 1.29 is 19.2 Å². The fourth-order valence-electron chi connectivity index (χ4n) is 2.67. The number of ether oxygens (including phenoxy) is 2. The number of rotatable bonds is 3. The molecular formula is C14H18ClN2O3+. The predicted molar refractivity (Wildman–Crippen MR) is 74.3 cm³/mol. The Morgan fingerprint density at radius 3 is 2.75 bits per heavy atom. The number of fused-ring (bicyclic) bond motifs is 1. The van der Waals surface area contributed by atoms with Crippen molar-refractivity contribution in [1.82, 2.24) is 4.90 Å². The summed E-state index contributed by atoms with van der Waals surface area (Å²) in [4.78, 5) is 14.8. The highest BCUT2D eigenvalue weighted by Crippen LogP contribution is 2.32. The van der Waals surface area contributed by atoms with Gasteiger partial charge in [0.2, 0.25) is 12.7 Å². The maximum atomic E-state index is 11.5. The Morgan fingerprint density at radius 1 is 1.25 bits per heavy atom. The van der Waals surface area contributed by atoms with Crippen molar-refractivity contribution in [2.24, 2.45) is 0 Å². The summed E-state index contributed by atoms with van der Waals surface area (Å²) < 4.78 is 10.7. The molecule has 0 atom stereocenters. The third-order valence-corrected chi connectivity index (χ3v) is 4.06. The van der Waals surface area contributed by atoms with Crippen molar-refractivity contribution in [1.29, 1.82) is 0 Å². The third kappa shape index (κ3) is 2.83. The fraction of sp³-hybridized carbons (Fsp3) is 0.500. The van der Waals surface area contributed by atoms with Crippen LogP contribution in [-0.4, -0.2) is 49.7 Å². The molecule has 108 valence electrons. The van der Waals surface area contributed by atoms with Crippen LogP contribution in [0.25, 0.3) is 0 Å². The molecule has 1 aromatic rings. The molecule has 20 heavy (non-hydrogen) atoms. The monoisotopic (exact) mass is 297 g/mol. The van der Waals surface area contributed by atoms with Crippen LogP contribution in [0, 0.1) is 0 Å². The van der Waals surface area contributed by atoms with Crippen LogP contribution in [0.15, 0.2) is 18.2 Å². The van der Waals surface area contributed by atoms with Gasteiger partial charge >= 0.3 is 0 Å². The number of piperazine rings is 1. The molecule has 1 aromatic carbocycles. The zero-order chi connectivity index (χ0) is 13.9. The van der Waals surface area contributed by atoms with Crippen LogP contribution in [0.2, 0.25) is 0 Å². The quantitative estimate of drug-likeness (QED) is 0.791. The lowest BCUT2D eigenvalue weighted by atomic mass is 10.1. The Kier molecular flexibility index (Phi) is 3.98. The van der Waals surface area contributed by atoms with Crippen molar-refractivity contribution >= 4 is 17.5 Å². The van der Waals surface area contributed by atoms with E-state index >= 15 is 0 Å². The molecule has 0 saturated carbocycles. The topological polar surface area (TPSA) is 43.2 Å². The standard InChI is InChI=1S/C14H17ClN2O3/c15-8-14(18)17-5-3-16(4-6-17)9-11-1-2-12-13(7-11)20-10-19-12/h1-2,7H,3-6,8-10H2/p+1. The molecule has 2 aliphatic rings. The molecule has 3 rings (SSSR count). The van der Waals surface area contributed by atoms with E-state index in [-0.39, 0.29) is 11.8 Å². The Balaban J connectivity index is 1.56. The molecule has 2 heterocycles. The van der Waals surface area contributed by atoms with Gasteiger partial charge < -0.3 is 19.3 Å². The molecule has 5 nitrogen and oxygen atoms in total. The average Bonchev–Trinajstić information content (AvgIpc) is 2.95. The van der Waals surface area contributed by atoms with E-state index in [9.17, 15) is 4.79 Å². The largest absolute Gasteiger partial charge is 0.454 e. The van der Waals surface area contributed by atoms with Crippen LogP contribution in [0.5, 0.6) is 11.5 Å². The molecule has 0 radical (unpaired) electrons. The summed E-state index contributed by atoms with van der Waals surface area (Å²) in [6.07, 6.45) is 0. The number of alkyl halides is 1. The second-order valence-electron chi connectivity index (χ2n) is 5.13. The maximum Gasteiger partial charge on any atom is 0.237 e. The predicted octanol–water partition coefficient (Wildman–Crippen LogP) is -0.119. The molecule has 0 aromatic heterocycles. The highest BCUT2D eigenvalue weighted by Gasteiger charge is 2.23. The van der Waals surface area contributed by atoms with Gasteiger partial charge in [0, 0.05) is 5.56 Å². The first-order valence-electron chi connectivity index (χ1n) is 6.82. The number of halogens is 1. The lowest BCUT2D eigenvalue weighted by Crippen LogP contribution is -3.13. The summed E-state index contributed by atoms with van der Waals surface area (Å²) in [6.45, 7) is 4.73. The molecule has 0 bridgehead atoms. The van der Waals surface area contributed by atoms with Crippen LogP contribution >= 0.6 is 11.6 Å². The van der Waals surface area contributed by atoms with E-state index in [0.29, 0.717) is 6.79 Å². The second-order valence-corrected chi connectivity index (χ2v) is 5.40. The number of hydrogen-bond donors (Lipinski definition) is 1. The highest BCUT2D eigenvalue weighted by molar-refractivity contribution is 6.27. The van der Waals surface area contributed by atoms with Gasteiger partial charge in [-0.2, -0.15) is 0 Å². The van der Waals surface area contributed by atoms with Crippen LogP contribution < -0.4 is 14.4 Å². The van der Waals surface area contributed by atoms with E-state index in [0.717, 1.165) is 44.2 Å². The number of nitrogens with one attached hydrogen (secondary N) is 1. The molecule has 0 aliphatic carbocycles. The minimum atomic E-state index is 0.0359. The van der Waals surface area contributed by atoms with Crippen molar-refractivity contribution in [2.75, 3.05) is 38.9 Å². The zero-order valence-corrected chi connectivity index (χ0v) is 12.0. The Bertz CT molecular complexity index is 501. The maximum absolute atomic E-state index is 11.5. The summed E-state index contributed by atoms with van der Waals surface area (Å²) in [5.41, 5.74) is 1.24. The van der Waals surface area contributed by atoms with Gasteiger partial charge in [0.25, 0.3) is 0 Å². The molecule has 1 fully saturated rings. The first-order chi connectivity index (χ1) is 9.76. The van der Waals surface area contributed by atoms with Gasteiger partial charge in [-0.25, -0.2) is 0 Å². The zero-order valence-electron chi connectivity index (χ0n) is 11.2. The van der Waals surface area contributed by atoms with E-state index in [1.54, 1.807) is 0 Å². The average molecular weight is 298 g/mol. The van der Waals surface area contributed by atoms with Crippen LogP contribution in [0.4, 0.5) is 0 Å². The van der Waals surface area contributed by atoms with E-state index in [2.05, 4.69) is 6.07 Å². The van der Waals surface area contributed by atoms with Crippen molar-refractivity contribution in [3.63, 3.8) is 0 Å². The van der Waals surface area contributed by atoms with Crippen molar-refractivity contribution in [2.45, 2.75) is 6.54 Å². The van der Waals surface area contributed by atoms with Gasteiger partial charge in [0.05, 0.1) is 26.2 Å². The highest BCUT2D eigenvalue weighted by atomic mass is 35.5. The van der Waals surface area contributed by atoms with E-state index in [1.165, 1.54) is 10.5 Å². The summed E-state index contributed by atoms with van der Waals surface area (Å²) in [6, 6.07) is 6.09. The van der Waals surface area contributed by atoms with Gasteiger partial charge in [-0.3, -0.25) is 4.79 Å². The SMILES string of the molecule is O=C(CCl)N1CC[NH+](Cc2ccc3c(c2)OCO3)CC1. The molecule has 1 N–H and O–H groups in total. The Labute approximate surface area is 123 Å². The number of quaternary nitrogens is 1. The number of benzene rings is 1. The van der Waals surface area contributed by atoms with Gasteiger partial charge in [-0.05, 0) is 18.2 Å². The molecule has 2 aliphatic heterocycles. The number of carbonyl (C=O) groups excluding carboxylic acids is 1. The smallest absolute Gasteiger partial charge is 0.237 e. The fourth-order valence-corrected chi connectivity index (χ4v) is 2.84. The van der Waals surface area contributed by atoms with E-state index in [1.807, 2.05) is 17.0 Å². The number of hydrogen-bond acceptors (Lipinski definition) is 3. The van der Waals surface area contributed by atoms with Crippen LogP contribution in [0.1, 0.15) is 5.56 Å². The minimum absolute atomic E-state index is 0.0359. The lowest BCUT2D eigenvalue weighted by molar-refractivity contribution is -0.917. The Hall–Kier alpha value is -1.46. The van der Waals surface area contributed by atoms with Gasteiger partial charge in [-0.1, -0.05) is 0 Å². The summed E-state index contributed by atoms with van der Waals surface area (Å²) in [5.74, 6) is 1.77. The van der Waals surface area contributed by atoms with E-state index in [4.69, 9.17) is 21.1 Å². The lowest BCUT2D eigenvalue weighted by Gasteiger charge is -2.31. The first-order valence-corrected chi connectivity index (χ1v) is 7.35. The van der Waals surface area contributed by atoms with Crippen molar-refractivity contribution in [3.8, 4) is 11.5 Å². The van der Waals surface area contributed by atoms with Crippen LogP contribution in [-0.2, 0) is 11.3 Å². The molecule has 1 saturated heterocycles. The second kappa shape index (κ2) is 5.89. The van der Waals surface area contributed by atoms with Crippen LogP contribution in [0.3, 0.4) is 0 Å². The van der Waals surface area contributed by atoms with Gasteiger partial charge in [-0.15, -0.1) is 11.6 Å². The molecule has 0 spiro atoms. The first kappa shape index (κ1) is 13.5. The van der Waals surface area contributed by atoms with Gasteiger partial charge in [0.15, 0.2) is 11.5 Å². The number of nitrogens with zero attached hydrogens (tertiary/aromatic N) is 1. The molecule has 6 heteroatoms. The number of amides is 1. The Morgan fingerprint density at radius 2 is 2.00 bits per heavy atom.